The fourth-order valence-corrected chi connectivity index (χ4v) is 3.25. The standard InChI is InChI=1S/C19H20ClF3N2O/c20-10-16(26)11-24-15-5-6-18(17(9-15)19(21,22)23)25-8-7-13-3-1-2-4-14(13)12-25/h1-6,9,16,24,26H,7-8,10-12H2. The Bertz CT molecular complexity index is 767. The molecule has 26 heavy (non-hydrogen) atoms. The molecule has 0 amide bonds. The molecular formula is C19H20ClF3N2O. The molecule has 7 heteroatoms. The molecule has 140 valence electrons. The van der Waals surface area contributed by atoms with E-state index < -0.39 is 17.8 Å². The maximum atomic E-state index is 13.6. The van der Waals surface area contributed by atoms with E-state index in [0.29, 0.717) is 18.8 Å². The summed E-state index contributed by atoms with van der Waals surface area (Å²) in [7, 11) is 0. The summed E-state index contributed by atoms with van der Waals surface area (Å²) in [5.74, 6) is 0.0183. The highest BCUT2D eigenvalue weighted by atomic mass is 35.5. The van der Waals surface area contributed by atoms with Crippen LogP contribution in [0, 0.1) is 0 Å². The van der Waals surface area contributed by atoms with Gasteiger partial charge in [-0.15, -0.1) is 11.6 Å². The molecule has 0 saturated carbocycles. The molecule has 1 atom stereocenters. The summed E-state index contributed by atoms with van der Waals surface area (Å²) in [5.41, 5.74) is 2.05. The summed E-state index contributed by atoms with van der Waals surface area (Å²) in [4.78, 5) is 1.77. The third-order valence-electron chi connectivity index (χ3n) is 4.49. The number of benzene rings is 2. The minimum Gasteiger partial charge on any atom is -0.390 e. The molecule has 0 aromatic heterocycles. The lowest BCUT2D eigenvalue weighted by Crippen LogP contribution is -2.32. The average Bonchev–Trinajstić information content (AvgIpc) is 2.64. The quantitative estimate of drug-likeness (QED) is 0.755. The van der Waals surface area contributed by atoms with Crippen molar-refractivity contribution < 1.29 is 18.3 Å². The van der Waals surface area contributed by atoms with Crippen molar-refractivity contribution in [3.05, 3.63) is 59.2 Å². The zero-order valence-corrected chi connectivity index (χ0v) is 14.8. The molecule has 0 fully saturated rings. The van der Waals surface area contributed by atoms with Crippen LogP contribution in [0.15, 0.2) is 42.5 Å². The molecule has 1 aliphatic rings. The first-order valence-corrected chi connectivity index (χ1v) is 8.93. The van der Waals surface area contributed by atoms with Gasteiger partial charge in [0.15, 0.2) is 0 Å². The van der Waals surface area contributed by atoms with Crippen LogP contribution in [-0.4, -0.2) is 30.2 Å². The number of nitrogens with zero attached hydrogens (tertiary/aromatic N) is 1. The summed E-state index contributed by atoms with van der Waals surface area (Å²) in [6.07, 6.45) is -4.56. The number of hydrogen-bond donors (Lipinski definition) is 2. The summed E-state index contributed by atoms with van der Waals surface area (Å²) >= 11 is 5.51. The van der Waals surface area contributed by atoms with Gasteiger partial charge in [-0.25, -0.2) is 0 Å². The van der Waals surface area contributed by atoms with Crippen molar-refractivity contribution in [1.29, 1.82) is 0 Å². The highest BCUT2D eigenvalue weighted by Gasteiger charge is 2.35. The van der Waals surface area contributed by atoms with E-state index in [9.17, 15) is 18.3 Å². The molecule has 1 aliphatic heterocycles. The van der Waals surface area contributed by atoms with Gasteiger partial charge in [0.25, 0.3) is 0 Å². The van der Waals surface area contributed by atoms with Gasteiger partial charge < -0.3 is 15.3 Å². The second-order valence-corrected chi connectivity index (χ2v) is 6.67. The molecule has 1 unspecified atom stereocenters. The van der Waals surface area contributed by atoms with Gasteiger partial charge in [0.05, 0.1) is 17.5 Å². The molecule has 3 nitrogen and oxygen atoms in total. The summed E-state index contributed by atoms with van der Waals surface area (Å²) in [6.45, 7) is 1.09. The lowest BCUT2D eigenvalue weighted by molar-refractivity contribution is -0.137. The molecule has 2 aromatic rings. The lowest BCUT2D eigenvalue weighted by Gasteiger charge is -2.32. The molecule has 2 N–H and O–H groups in total. The van der Waals surface area contributed by atoms with Crippen LogP contribution in [-0.2, 0) is 19.1 Å². The van der Waals surface area contributed by atoms with Crippen molar-refractivity contribution in [3.63, 3.8) is 0 Å². The number of hydrogen-bond acceptors (Lipinski definition) is 3. The Morgan fingerprint density at radius 1 is 1.15 bits per heavy atom. The number of fused-ring (bicyclic) bond motifs is 1. The zero-order chi connectivity index (χ0) is 18.7. The monoisotopic (exact) mass is 384 g/mol. The second kappa shape index (κ2) is 7.76. The van der Waals surface area contributed by atoms with Gasteiger partial charge in [0, 0.05) is 31.0 Å². The highest BCUT2D eigenvalue weighted by molar-refractivity contribution is 6.18. The third kappa shape index (κ3) is 4.24. The summed E-state index contributed by atoms with van der Waals surface area (Å²) < 4.78 is 40.9. The van der Waals surface area contributed by atoms with Gasteiger partial charge in [-0.1, -0.05) is 24.3 Å². The summed E-state index contributed by atoms with van der Waals surface area (Å²) in [5, 5.41) is 12.3. The smallest absolute Gasteiger partial charge is 0.390 e. The van der Waals surface area contributed by atoms with Crippen molar-refractivity contribution in [1.82, 2.24) is 0 Å². The van der Waals surface area contributed by atoms with E-state index in [-0.39, 0.29) is 18.1 Å². The Balaban J connectivity index is 1.87. The van der Waals surface area contributed by atoms with Crippen molar-refractivity contribution in [2.24, 2.45) is 0 Å². The van der Waals surface area contributed by atoms with E-state index >= 15 is 0 Å². The van der Waals surface area contributed by atoms with Crippen LogP contribution in [0.25, 0.3) is 0 Å². The topological polar surface area (TPSA) is 35.5 Å². The van der Waals surface area contributed by atoms with E-state index in [0.717, 1.165) is 18.1 Å². The van der Waals surface area contributed by atoms with Crippen LogP contribution >= 0.6 is 11.6 Å². The maximum Gasteiger partial charge on any atom is 0.418 e. The largest absolute Gasteiger partial charge is 0.418 e. The summed E-state index contributed by atoms with van der Waals surface area (Å²) in [6, 6.07) is 12.0. The SMILES string of the molecule is OC(CCl)CNc1ccc(N2CCc3ccccc3C2)c(C(F)(F)F)c1. The normalized spacial score (nSPS) is 15.5. The van der Waals surface area contributed by atoms with Gasteiger partial charge in [0.2, 0.25) is 0 Å². The Morgan fingerprint density at radius 3 is 2.58 bits per heavy atom. The molecule has 0 aliphatic carbocycles. The van der Waals surface area contributed by atoms with Crippen molar-refractivity contribution >= 4 is 23.0 Å². The number of alkyl halides is 4. The highest BCUT2D eigenvalue weighted by Crippen LogP contribution is 2.39. The van der Waals surface area contributed by atoms with Crippen LogP contribution in [0.1, 0.15) is 16.7 Å². The molecule has 0 spiro atoms. The Morgan fingerprint density at radius 2 is 1.88 bits per heavy atom. The number of aliphatic hydroxyl groups is 1. The predicted octanol–water partition coefficient (Wildman–Crippen LogP) is 4.28. The van der Waals surface area contributed by atoms with E-state index in [1.54, 1.807) is 11.0 Å². The van der Waals surface area contributed by atoms with Crippen LogP contribution in [0.2, 0.25) is 0 Å². The van der Waals surface area contributed by atoms with Gasteiger partial charge in [0.1, 0.15) is 0 Å². The van der Waals surface area contributed by atoms with Crippen LogP contribution < -0.4 is 10.2 Å². The molecule has 0 radical (unpaired) electrons. The first-order chi connectivity index (χ1) is 12.4. The zero-order valence-electron chi connectivity index (χ0n) is 14.1. The van der Waals surface area contributed by atoms with E-state index in [4.69, 9.17) is 11.6 Å². The Kier molecular flexibility index (Phi) is 5.63. The van der Waals surface area contributed by atoms with Crippen LogP contribution in [0.3, 0.4) is 0 Å². The van der Waals surface area contributed by atoms with Crippen LogP contribution in [0.4, 0.5) is 24.5 Å². The predicted molar refractivity (Wildman–Crippen MR) is 97.9 cm³/mol. The van der Waals surface area contributed by atoms with Crippen LogP contribution in [0.5, 0.6) is 0 Å². The number of halogens is 4. The maximum absolute atomic E-state index is 13.6. The fourth-order valence-electron chi connectivity index (χ4n) is 3.14. The van der Waals surface area contributed by atoms with E-state index in [2.05, 4.69) is 5.32 Å². The average molecular weight is 385 g/mol. The first kappa shape index (κ1) is 18.9. The minimum atomic E-state index is -4.46. The van der Waals surface area contributed by atoms with E-state index in [1.807, 2.05) is 24.3 Å². The number of anilines is 2. The number of nitrogens with one attached hydrogen (secondary N) is 1. The van der Waals surface area contributed by atoms with E-state index in [1.165, 1.54) is 11.6 Å². The number of aliphatic hydroxyl groups excluding tert-OH is 1. The first-order valence-electron chi connectivity index (χ1n) is 8.39. The van der Waals surface area contributed by atoms with Crippen molar-refractivity contribution in [2.45, 2.75) is 25.2 Å². The molecule has 0 bridgehead atoms. The van der Waals surface area contributed by atoms with Crippen molar-refractivity contribution in [2.75, 3.05) is 29.2 Å². The molecule has 0 saturated heterocycles. The minimum absolute atomic E-state index is 0.0183. The second-order valence-electron chi connectivity index (χ2n) is 6.36. The molecular weight excluding hydrogens is 365 g/mol. The Labute approximate surface area is 155 Å². The molecule has 2 aromatic carbocycles. The van der Waals surface area contributed by atoms with Gasteiger partial charge in [-0.2, -0.15) is 13.2 Å². The Hall–Kier alpha value is -1.92. The molecule has 3 rings (SSSR count). The lowest BCUT2D eigenvalue weighted by atomic mass is 9.98. The van der Waals surface area contributed by atoms with Gasteiger partial charge >= 0.3 is 6.18 Å². The van der Waals surface area contributed by atoms with Gasteiger partial charge in [-0.3, -0.25) is 0 Å². The van der Waals surface area contributed by atoms with Gasteiger partial charge in [-0.05, 0) is 35.7 Å². The molecule has 1 heterocycles. The third-order valence-corrected chi connectivity index (χ3v) is 4.85. The van der Waals surface area contributed by atoms with Crippen molar-refractivity contribution in [3.8, 4) is 0 Å². The number of rotatable bonds is 5. The fraction of sp³-hybridized carbons (Fsp3) is 0.368.